The molecule has 152 valence electrons. The lowest BCUT2D eigenvalue weighted by molar-refractivity contribution is 0.102. The van der Waals surface area contributed by atoms with Crippen LogP contribution in [0.1, 0.15) is 61.3 Å². The molecule has 0 radical (unpaired) electrons. The van der Waals surface area contributed by atoms with Gasteiger partial charge in [0.25, 0.3) is 5.91 Å². The van der Waals surface area contributed by atoms with Crippen LogP contribution in [0.3, 0.4) is 0 Å². The number of rotatable bonds is 5. The predicted octanol–water partition coefficient (Wildman–Crippen LogP) is 5.21. The predicted molar refractivity (Wildman–Crippen MR) is 116 cm³/mol. The maximum absolute atomic E-state index is 12.8. The highest BCUT2D eigenvalue weighted by Gasteiger charge is 2.32. The van der Waals surface area contributed by atoms with Crippen LogP contribution in [0.2, 0.25) is 0 Å². The second-order valence-electron chi connectivity index (χ2n) is 8.51. The lowest BCUT2D eigenvalue weighted by Gasteiger charge is -2.22. The molecule has 1 aromatic carbocycles. The molecule has 0 unspecified atom stereocenters. The second kappa shape index (κ2) is 7.30. The number of carbonyl (C=O) groups is 1. The molecule has 1 fully saturated rings. The summed E-state index contributed by atoms with van der Waals surface area (Å²) in [5.41, 5.74) is 4.24. The minimum Gasteiger partial charge on any atom is -0.496 e. The van der Waals surface area contributed by atoms with E-state index in [1.807, 2.05) is 41.3 Å². The number of aromatic nitrogens is 3. The molecule has 1 saturated carbocycles. The Morgan fingerprint density at radius 1 is 1.28 bits per heavy atom. The first-order valence-corrected chi connectivity index (χ1v) is 10.7. The summed E-state index contributed by atoms with van der Waals surface area (Å²) < 4.78 is 7.45. The molecule has 0 spiro atoms. The van der Waals surface area contributed by atoms with Gasteiger partial charge in [0.2, 0.25) is 0 Å². The largest absolute Gasteiger partial charge is 0.496 e. The second-order valence-corrected chi connectivity index (χ2v) is 9.37. The fourth-order valence-electron chi connectivity index (χ4n) is 3.35. The molecule has 0 aliphatic heterocycles. The van der Waals surface area contributed by atoms with Gasteiger partial charge in [-0.05, 0) is 58.7 Å². The Labute approximate surface area is 174 Å². The van der Waals surface area contributed by atoms with Crippen molar-refractivity contribution < 1.29 is 9.53 Å². The van der Waals surface area contributed by atoms with Crippen LogP contribution in [0.4, 0.5) is 5.13 Å². The lowest BCUT2D eigenvalue weighted by Crippen LogP contribution is -2.25. The molecular formula is C22H26N4O2S. The first kappa shape index (κ1) is 19.6. The number of thiazole rings is 1. The van der Waals surface area contributed by atoms with Crippen LogP contribution in [0, 0.1) is 6.92 Å². The number of hydrogen-bond donors (Lipinski definition) is 1. The van der Waals surface area contributed by atoms with E-state index in [9.17, 15) is 4.79 Å². The van der Waals surface area contributed by atoms with Crippen molar-refractivity contribution in [1.29, 1.82) is 0 Å². The van der Waals surface area contributed by atoms with E-state index in [1.54, 1.807) is 7.11 Å². The van der Waals surface area contributed by atoms with Gasteiger partial charge in [0, 0.05) is 22.6 Å². The average molecular weight is 411 g/mol. The summed E-state index contributed by atoms with van der Waals surface area (Å²) in [6.07, 6.45) is 2.33. The number of aryl methyl sites for hydroxylation is 1. The maximum atomic E-state index is 12.8. The number of carbonyl (C=O) groups excluding carboxylic acids is 1. The molecule has 29 heavy (non-hydrogen) atoms. The minimum atomic E-state index is -0.230. The lowest BCUT2D eigenvalue weighted by atomic mass is 10.1. The fraction of sp³-hybridized carbons (Fsp3) is 0.409. The molecule has 0 bridgehead atoms. The standard InChI is InChI=1S/C22H26N4O2S/c1-13-6-9-19(28-5)15(10-13)17-12-29-21(23-17)24-20(27)16-11-18(14-7-8-14)26(25-16)22(2,3)4/h6,9-12,14H,7-8H2,1-5H3,(H,23,24,27). The molecule has 1 amide bonds. The van der Waals surface area contributed by atoms with Gasteiger partial charge < -0.3 is 4.74 Å². The third-order valence-corrected chi connectivity index (χ3v) is 5.71. The van der Waals surface area contributed by atoms with Crippen molar-refractivity contribution in [3.8, 4) is 17.0 Å². The van der Waals surface area contributed by atoms with Gasteiger partial charge in [-0.1, -0.05) is 11.6 Å². The van der Waals surface area contributed by atoms with Crippen LogP contribution in [0.5, 0.6) is 5.75 Å². The van der Waals surface area contributed by atoms with E-state index in [-0.39, 0.29) is 11.4 Å². The Balaban J connectivity index is 1.57. The topological polar surface area (TPSA) is 69.0 Å². The summed E-state index contributed by atoms with van der Waals surface area (Å²) in [6, 6.07) is 7.89. The van der Waals surface area contributed by atoms with Gasteiger partial charge in [-0.15, -0.1) is 11.3 Å². The van der Waals surface area contributed by atoms with E-state index < -0.39 is 0 Å². The summed E-state index contributed by atoms with van der Waals surface area (Å²) in [6.45, 7) is 8.35. The van der Waals surface area contributed by atoms with E-state index in [2.05, 4.69) is 36.2 Å². The number of nitrogens with one attached hydrogen (secondary N) is 1. The molecular weight excluding hydrogens is 384 g/mol. The zero-order valence-electron chi connectivity index (χ0n) is 17.4. The van der Waals surface area contributed by atoms with Crippen molar-refractivity contribution >= 4 is 22.4 Å². The van der Waals surface area contributed by atoms with Crippen molar-refractivity contribution in [2.45, 2.75) is 52.0 Å². The number of methoxy groups -OCH3 is 1. The van der Waals surface area contributed by atoms with E-state index in [4.69, 9.17) is 4.74 Å². The Kier molecular flexibility index (Phi) is 4.94. The smallest absolute Gasteiger partial charge is 0.277 e. The molecule has 3 aromatic rings. The van der Waals surface area contributed by atoms with Crippen LogP contribution in [-0.2, 0) is 5.54 Å². The van der Waals surface area contributed by atoms with Crippen molar-refractivity contribution in [2.24, 2.45) is 0 Å². The molecule has 0 saturated heterocycles. The maximum Gasteiger partial charge on any atom is 0.277 e. The number of hydrogen-bond acceptors (Lipinski definition) is 5. The number of ether oxygens (including phenoxy) is 1. The van der Waals surface area contributed by atoms with Crippen molar-refractivity contribution in [3.63, 3.8) is 0 Å². The summed E-state index contributed by atoms with van der Waals surface area (Å²) in [7, 11) is 1.65. The Hall–Kier alpha value is -2.67. The Bertz CT molecular complexity index is 1060. The van der Waals surface area contributed by atoms with Gasteiger partial charge in [0.15, 0.2) is 10.8 Å². The van der Waals surface area contributed by atoms with E-state index in [0.29, 0.717) is 16.7 Å². The fourth-order valence-corrected chi connectivity index (χ4v) is 4.06. The number of amides is 1. The zero-order valence-corrected chi connectivity index (χ0v) is 18.3. The van der Waals surface area contributed by atoms with Crippen molar-refractivity contribution in [2.75, 3.05) is 12.4 Å². The highest BCUT2D eigenvalue weighted by atomic mass is 32.1. The molecule has 6 nitrogen and oxygen atoms in total. The molecule has 1 aliphatic carbocycles. The Morgan fingerprint density at radius 3 is 2.69 bits per heavy atom. The summed E-state index contributed by atoms with van der Waals surface area (Å²) in [5, 5.41) is 9.98. The Morgan fingerprint density at radius 2 is 2.03 bits per heavy atom. The summed E-state index contributed by atoms with van der Waals surface area (Å²) in [5.74, 6) is 1.05. The first-order valence-electron chi connectivity index (χ1n) is 9.78. The van der Waals surface area contributed by atoms with Gasteiger partial charge >= 0.3 is 0 Å². The van der Waals surface area contributed by atoms with Crippen LogP contribution >= 0.6 is 11.3 Å². The normalized spacial score (nSPS) is 14.1. The van der Waals surface area contributed by atoms with Gasteiger partial charge in [-0.2, -0.15) is 5.10 Å². The molecule has 7 heteroatoms. The highest BCUT2D eigenvalue weighted by Crippen LogP contribution is 2.42. The van der Waals surface area contributed by atoms with Gasteiger partial charge in [0.05, 0.1) is 18.3 Å². The van der Waals surface area contributed by atoms with Crippen LogP contribution in [0.25, 0.3) is 11.3 Å². The van der Waals surface area contributed by atoms with Gasteiger partial charge in [0.1, 0.15) is 5.75 Å². The first-order chi connectivity index (χ1) is 13.8. The van der Waals surface area contributed by atoms with E-state index in [1.165, 1.54) is 11.3 Å². The third-order valence-electron chi connectivity index (χ3n) is 4.96. The summed E-state index contributed by atoms with van der Waals surface area (Å²) >= 11 is 1.39. The molecule has 1 N–H and O–H groups in total. The van der Waals surface area contributed by atoms with Crippen molar-refractivity contribution in [3.05, 3.63) is 46.6 Å². The number of benzene rings is 1. The number of nitrogens with zero attached hydrogens (tertiary/aromatic N) is 3. The van der Waals surface area contributed by atoms with E-state index in [0.717, 1.165) is 41.1 Å². The van der Waals surface area contributed by atoms with Crippen LogP contribution < -0.4 is 10.1 Å². The summed E-state index contributed by atoms with van der Waals surface area (Å²) in [4.78, 5) is 17.4. The van der Waals surface area contributed by atoms with Gasteiger partial charge in [-0.25, -0.2) is 4.98 Å². The SMILES string of the molecule is COc1ccc(C)cc1-c1csc(NC(=O)c2cc(C3CC3)n(C(C)(C)C)n2)n1. The van der Waals surface area contributed by atoms with Gasteiger partial charge in [-0.3, -0.25) is 14.8 Å². The molecule has 4 rings (SSSR count). The third kappa shape index (κ3) is 4.05. The quantitative estimate of drug-likeness (QED) is 0.627. The molecule has 2 aromatic heterocycles. The van der Waals surface area contributed by atoms with Crippen LogP contribution in [-0.4, -0.2) is 27.8 Å². The molecule has 1 aliphatic rings. The van der Waals surface area contributed by atoms with Crippen molar-refractivity contribution in [1.82, 2.24) is 14.8 Å². The number of anilines is 1. The molecule has 2 heterocycles. The molecule has 0 atom stereocenters. The zero-order chi connectivity index (χ0) is 20.8. The monoisotopic (exact) mass is 410 g/mol. The van der Waals surface area contributed by atoms with Crippen LogP contribution in [0.15, 0.2) is 29.6 Å². The minimum absolute atomic E-state index is 0.160. The average Bonchev–Trinajstić information content (AvgIpc) is 3.23. The highest BCUT2D eigenvalue weighted by molar-refractivity contribution is 7.14. The van der Waals surface area contributed by atoms with E-state index >= 15 is 0 Å².